The van der Waals surface area contributed by atoms with Crippen molar-refractivity contribution in [2.24, 2.45) is 0 Å². The third-order valence-corrected chi connectivity index (χ3v) is 8.61. The third kappa shape index (κ3) is 7.43. The molecule has 0 amide bonds. The van der Waals surface area contributed by atoms with Gasteiger partial charge >= 0.3 is 5.63 Å². The molecule has 0 bridgehead atoms. The second-order valence-electron chi connectivity index (χ2n) is 10.4. The first-order valence-electron chi connectivity index (χ1n) is 14.3. The van der Waals surface area contributed by atoms with Crippen molar-refractivity contribution >= 4 is 22.3 Å². The highest BCUT2D eigenvalue weighted by atomic mass is 32.2. The van der Waals surface area contributed by atoms with Crippen molar-refractivity contribution in [3.05, 3.63) is 118 Å². The monoisotopic (exact) mass is 612 g/mol. The predicted molar refractivity (Wildman–Crippen MR) is 174 cm³/mol. The fourth-order valence-corrected chi connectivity index (χ4v) is 5.93. The van der Waals surface area contributed by atoms with Gasteiger partial charge < -0.3 is 28.1 Å². The summed E-state index contributed by atoms with van der Waals surface area (Å²) in [5.74, 6) is 1.99. The summed E-state index contributed by atoms with van der Waals surface area (Å²) in [5.41, 5.74) is 5.59. The van der Waals surface area contributed by atoms with Crippen LogP contribution >= 0.6 is 0 Å². The van der Waals surface area contributed by atoms with E-state index >= 15 is 0 Å². The van der Waals surface area contributed by atoms with Crippen LogP contribution in [0.3, 0.4) is 0 Å². The first-order chi connectivity index (χ1) is 21.4. The molecule has 0 saturated carbocycles. The van der Waals surface area contributed by atoms with E-state index in [9.17, 15) is 9.35 Å². The van der Waals surface area contributed by atoms with Crippen LogP contribution in [0.1, 0.15) is 16.7 Å². The summed E-state index contributed by atoms with van der Waals surface area (Å²) in [6.45, 7) is 4.18. The molecule has 0 radical (unpaired) electrons. The van der Waals surface area contributed by atoms with E-state index in [1.807, 2.05) is 37.4 Å². The lowest BCUT2D eigenvalue weighted by Crippen LogP contribution is -2.33. The van der Waals surface area contributed by atoms with Crippen LogP contribution in [-0.4, -0.2) is 43.8 Å². The second-order valence-corrected chi connectivity index (χ2v) is 11.7. The summed E-state index contributed by atoms with van der Waals surface area (Å²) < 4.78 is 38.8. The number of hydrogen-bond donors (Lipinski definition) is 1. The summed E-state index contributed by atoms with van der Waals surface area (Å²) in [6.07, 6.45) is 0. The van der Waals surface area contributed by atoms with Crippen molar-refractivity contribution < 1.29 is 23.2 Å². The minimum absolute atomic E-state index is 0.409. The molecule has 228 valence electrons. The molecule has 0 fully saturated rings. The summed E-state index contributed by atoms with van der Waals surface area (Å²) in [6, 6.07) is 28.5. The smallest absolute Gasteiger partial charge is 0.336 e. The van der Waals surface area contributed by atoms with Gasteiger partial charge in [0.1, 0.15) is 29.4 Å². The Balaban J connectivity index is 1.20. The van der Waals surface area contributed by atoms with Crippen molar-refractivity contribution in [1.29, 1.82) is 0 Å². The van der Waals surface area contributed by atoms with Gasteiger partial charge in [0.15, 0.2) is 4.90 Å². The normalized spacial score (nSPS) is 12.0. The van der Waals surface area contributed by atoms with E-state index in [-0.39, 0.29) is 0 Å². The van der Waals surface area contributed by atoms with Gasteiger partial charge in [-0.3, -0.25) is 0 Å². The SMILES string of the molecule is COc1cc(OCc2cccc(-c3ccccc3)c2C)cc(OC)c1CN(C)CCN[S+]([O-])c1ccc2oc(=O)ccc2c1. The van der Waals surface area contributed by atoms with E-state index in [0.29, 0.717) is 54.0 Å². The number of methoxy groups -OCH3 is 2. The molecule has 5 aromatic rings. The van der Waals surface area contributed by atoms with Crippen molar-refractivity contribution in [2.75, 3.05) is 34.4 Å². The van der Waals surface area contributed by atoms with Crippen LogP contribution in [0.5, 0.6) is 17.2 Å². The van der Waals surface area contributed by atoms with Gasteiger partial charge in [-0.05, 0) is 54.4 Å². The zero-order valence-electron chi connectivity index (χ0n) is 25.3. The fraction of sp³-hybridized carbons (Fsp3) is 0.229. The molecule has 0 aliphatic rings. The lowest BCUT2D eigenvalue weighted by molar-refractivity contribution is 0.291. The first-order valence-corrected chi connectivity index (χ1v) is 15.4. The Bertz CT molecular complexity index is 1750. The van der Waals surface area contributed by atoms with Crippen LogP contribution in [0.25, 0.3) is 22.1 Å². The number of fused-ring (bicyclic) bond motifs is 1. The van der Waals surface area contributed by atoms with Gasteiger partial charge in [-0.15, -0.1) is 4.72 Å². The standard InChI is InChI=1S/C35H36N2O6S/c1-24-27(11-8-12-30(24)25-9-6-5-7-10-25)23-42-28-20-33(40-3)31(34(21-28)41-4)22-37(2)18-17-36-44(39)29-14-15-32-26(19-29)13-16-35(38)43-32/h5-16,19-21,36H,17-18,22-23H2,1-4H3. The topological polar surface area (TPSA) is 96.2 Å². The van der Waals surface area contributed by atoms with Crippen LogP contribution in [0.2, 0.25) is 0 Å². The zero-order valence-corrected chi connectivity index (χ0v) is 26.1. The minimum atomic E-state index is -1.42. The van der Waals surface area contributed by atoms with E-state index in [0.717, 1.165) is 16.5 Å². The molecule has 1 aromatic heterocycles. The molecule has 0 saturated heterocycles. The molecule has 0 spiro atoms. The van der Waals surface area contributed by atoms with E-state index < -0.39 is 17.0 Å². The molecule has 1 N–H and O–H groups in total. The second kappa shape index (κ2) is 14.5. The molecule has 1 atom stereocenters. The Labute approximate surface area is 260 Å². The van der Waals surface area contributed by atoms with Crippen molar-refractivity contribution in [3.8, 4) is 28.4 Å². The molecule has 0 aliphatic heterocycles. The van der Waals surface area contributed by atoms with E-state index in [1.54, 1.807) is 38.5 Å². The van der Waals surface area contributed by atoms with Crippen LogP contribution in [0.4, 0.5) is 0 Å². The number of likely N-dealkylation sites (N-methyl/N-ethyl adjacent to an activating group) is 1. The Morgan fingerprint density at radius 3 is 2.39 bits per heavy atom. The molecule has 1 heterocycles. The Morgan fingerprint density at radius 1 is 0.909 bits per heavy atom. The lowest BCUT2D eigenvalue weighted by atomic mass is 9.97. The third-order valence-electron chi connectivity index (χ3n) is 7.47. The molecule has 0 aliphatic carbocycles. The average molecular weight is 613 g/mol. The van der Waals surface area contributed by atoms with Crippen molar-refractivity contribution in [2.45, 2.75) is 25.0 Å². The van der Waals surface area contributed by atoms with Gasteiger partial charge in [0.25, 0.3) is 0 Å². The number of hydrogen-bond acceptors (Lipinski definition) is 8. The van der Waals surface area contributed by atoms with E-state index in [1.165, 1.54) is 22.8 Å². The maximum absolute atomic E-state index is 12.8. The molecule has 4 aromatic carbocycles. The van der Waals surface area contributed by atoms with Gasteiger partial charge in [0, 0.05) is 42.7 Å². The summed E-state index contributed by atoms with van der Waals surface area (Å²) in [4.78, 5) is 14.1. The lowest BCUT2D eigenvalue weighted by Gasteiger charge is -2.22. The molecule has 1 unspecified atom stereocenters. The number of rotatable bonds is 13. The first kappa shape index (κ1) is 31.2. The molecule has 9 heteroatoms. The van der Waals surface area contributed by atoms with Gasteiger partial charge in [-0.25, -0.2) is 4.79 Å². The Morgan fingerprint density at radius 2 is 1.66 bits per heavy atom. The maximum Gasteiger partial charge on any atom is 0.336 e. The van der Waals surface area contributed by atoms with E-state index in [4.69, 9.17) is 18.6 Å². The highest BCUT2D eigenvalue weighted by Crippen LogP contribution is 2.36. The molecule has 44 heavy (non-hydrogen) atoms. The van der Waals surface area contributed by atoms with Crippen LogP contribution < -0.4 is 24.6 Å². The predicted octanol–water partition coefficient (Wildman–Crippen LogP) is 6.11. The van der Waals surface area contributed by atoms with Crippen LogP contribution in [-0.2, 0) is 24.5 Å². The Kier molecular flexibility index (Phi) is 10.2. The van der Waals surface area contributed by atoms with Crippen molar-refractivity contribution in [3.63, 3.8) is 0 Å². The average Bonchev–Trinajstić information content (AvgIpc) is 3.04. The van der Waals surface area contributed by atoms with Crippen LogP contribution in [0, 0.1) is 6.92 Å². The maximum atomic E-state index is 12.8. The van der Waals surface area contributed by atoms with Gasteiger partial charge in [-0.2, -0.15) is 0 Å². The molecule has 8 nitrogen and oxygen atoms in total. The number of ether oxygens (including phenoxy) is 3. The summed E-state index contributed by atoms with van der Waals surface area (Å²) in [7, 11) is 5.25. The number of benzene rings is 4. The van der Waals surface area contributed by atoms with Gasteiger partial charge in [0.05, 0.1) is 37.7 Å². The molecular formula is C35H36N2O6S. The molecule has 5 rings (SSSR count). The fourth-order valence-electron chi connectivity index (χ4n) is 5.06. The van der Waals surface area contributed by atoms with Gasteiger partial charge in [0.2, 0.25) is 0 Å². The quantitative estimate of drug-likeness (QED) is 0.126. The zero-order chi connectivity index (χ0) is 31.1. The van der Waals surface area contributed by atoms with E-state index in [2.05, 4.69) is 46.9 Å². The van der Waals surface area contributed by atoms with Crippen molar-refractivity contribution in [1.82, 2.24) is 9.62 Å². The minimum Gasteiger partial charge on any atom is -0.593 e. The summed E-state index contributed by atoms with van der Waals surface area (Å²) in [5, 5.41) is 0.719. The molecular weight excluding hydrogens is 576 g/mol. The number of nitrogens with zero attached hydrogens (tertiary/aromatic N) is 1. The van der Waals surface area contributed by atoms with Gasteiger partial charge in [-0.1, -0.05) is 48.5 Å². The number of nitrogens with one attached hydrogen (secondary N) is 1. The van der Waals surface area contributed by atoms with Crippen LogP contribution in [0.15, 0.2) is 105 Å². The highest BCUT2D eigenvalue weighted by molar-refractivity contribution is 7.89. The summed E-state index contributed by atoms with van der Waals surface area (Å²) >= 11 is -1.42. The highest BCUT2D eigenvalue weighted by Gasteiger charge is 2.18. The largest absolute Gasteiger partial charge is 0.593 e. The Hall–Kier alpha value is -4.28.